The van der Waals surface area contributed by atoms with E-state index < -0.39 is 23.2 Å². The van der Waals surface area contributed by atoms with Gasteiger partial charge in [0.15, 0.2) is 11.6 Å². The van der Waals surface area contributed by atoms with Crippen LogP contribution < -0.4 is 5.32 Å². The highest BCUT2D eigenvalue weighted by atomic mass is 79.9. The van der Waals surface area contributed by atoms with E-state index in [0.717, 1.165) is 35.7 Å². The summed E-state index contributed by atoms with van der Waals surface area (Å²) in [5.41, 5.74) is 3.86. The second-order valence-corrected chi connectivity index (χ2v) is 11.1. The van der Waals surface area contributed by atoms with E-state index in [0.29, 0.717) is 43.8 Å². The first kappa shape index (κ1) is 25.8. The molecule has 1 spiro atoms. The summed E-state index contributed by atoms with van der Waals surface area (Å²) in [4.78, 5) is 16.1. The number of methoxy groups -OCH3 is 1. The van der Waals surface area contributed by atoms with Gasteiger partial charge in [0, 0.05) is 37.3 Å². The molecule has 5 rings (SSSR count). The van der Waals surface area contributed by atoms with Crippen molar-refractivity contribution in [3.05, 3.63) is 68.2 Å². The molecule has 5 nitrogen and oxygen atoms in total. The van der Waals surface area contributed by atoms with Crippen molar-refractivity contribution in [2.75, 3.05) is 26.8 Å². The Morgan fingerprint density at radius 2 is 2.03 bits per heavy atom. The maximum atomic E-state index is 14.3. The minimum atomic E-state index is -0.932. The number of amides is 1. The number of aryl methyl sites for hydroxylation is 1. The molecule has 0 bridgehead atoms. The lowest BCUT2D eigenvalue weighted by molar-refractivity contribution is -0.157. The molecule has 2 aliphatic heterocycles. The van der Waals surface area contributed by atoms with Gasteiger partial charge in [0.25, 0.3) is 0 Å². The van der Waals surface area contributed by atoms with Gasteiger partial charge in [-0.2, -0.15) is 0 Å². The Hall–Kier alpha value is -1.87. The van der Waals surface area contributed by atoms with Crippen molar-refractivity contribution in [2.45, 2.75) is 63.8 Å². The summed E-state index contributed by atoms with van der Waals surface area (Å²) < 4.78 is 40.8. The summed E-state index contributed by atoms with van der Waals surface area (Å²) in [6.07, 6.45) is 4.34. The number of fused-ring (bicyclic) bond motifs is 2. The number of nitrogens with zero attached hydrogens (tertiary/aromatic N) is 1. The minimum Gasteiger partial charge on any atom is -0.385 e. The topological polar surface area (TPSA) is 50.8 Å². The van der Waals surface area contributed by atoms with Crippen LogP contribution in [0, 0.1) is 24.5 Å². The van der Waals surface area contributed by atoms with E-state index in [2.05, 4.69) is 40.3 Å². The molecule has 1 unspecified atom stereocenters. The average molecular weight is 563 g/mol. The SMILES string of the molecule is COCCCc1cc(CN(C(=O)C2CNCC[C@@]23OCc2cc(F)c(F)cc23)C2CC2)cc(Br)c1C. The molecule has 2 heterocycles. The van der Waals surface area contributed by atoms with Gasteiger partial charge in [0.1, 0.15) is 5.60 Å². The first-order valence-electron chi connectivity index (χ1n) is 12.7. The number of carbonyl (C=O) groups is 1. The number of carbonyl (C=O) groups excluding carboxylic acids is 1. The van der Waals surface area contributed by atoms with E-state index in [9.17, 15) is 13.6 Å². The summed E-state index contributed by atoms with van der Waals surface area (Å²) in [6, 6.07) is 6.96. The number of benzene rings is 2. The Kier molecular flexibility index (Phi) is 7.50. The van der Waals surface area contributed by atoms with E-state index in [1.54, 1.807) is 7.11 Å². The molecular formula is C28H33BrF2N2O3. The molecule has 1 aliphatic carbocycles. The second kappa shape index (κ2) is 10.5. The number of ether oxygens (including phenoxy) is 2. The zero-order chi connectivity index (χ0) is 25.4. The van der Waals surface area contributed by atoms with Gasteiger partial charge in [-0.3, -0.25) is 4.79 Å². The van der Waals surface area contributed by atoms with E-state index in [1.807, 2.05) is 4.90 Å². The van der Waals surface area contributed by atoms with Gasteiger partial charge < -0.3 is 19.7 Å². The van der Waals surface area contributed by atoms with Gasteiger partial charge in [0.2, 0.25) is 5.91 Å². The van der Waals surface area contributed by atoms with Gasteiger partial charge in [0.05, 0.1) is 12.5 Å². The van der Waals surface area contributed by atoms with Crippen LogP contribution in [-0.2, 0) is 39.4 Å². The summed E-state index contributed by atoms with van der Waals surface area (Å²) in [5.74, 6) is -2.27. The molecule has 1 saturated carbocycles. The standard InChI is InChI=1S/C28H33BrF2N2O3/c1-17-19(4-3-9-35-2)10-18(11-24(17)29)15-33(21-5-6-21)27(34)23-14-32-8-7-28(23)22-13-26(31)25(30)12-20(22)16-36-28/h10-13,21,23,32H,3-9,14-16H2,1-2H3/t23?,28-/m0/s1. The minimum absolute atomic E-state index is 0.0138. The molecular weight excluding hydrogens is 530 g/mol. The van der Waals surface area contributed by atoms with Crippen LogP contribution in [-0.4, -0.2) is 43.7 Å². The molecule has 194 valence electrons. The molecule has 0 aromatic heterocycles. The Balaban J connectivity index is 1.43. The highest BCUT2D eigenvalue weighted by molar-refractivity contribution is 9.10. The van der Waals surface area contributed by atoms with Gasteiger partial charge in [-0.1, -0.05) is 22.0 Å². The highest BCUT2D eigenvalue weighted by Gasteiger charge is 2.53. The Morgan fingerprint density at radius 3 is 2.78 bits per heavy atom. The molecule has 2 aromatic rings. The Bertz CT molecular complexity index is 1160. The lowest BCUT2D eigenvalue weighted by atomic mass is 9.75. The van der Waals surface area contributed by atoms with Crippen LogP contribution in [0.1, 0.15) is 53.5 Å². The third-order valence-corrected chi connectivity index (χ3v) is 8.72. The Labute approximate surface area is 219 Å². The number of hydrogen-bond donors (Lipinski definition) is 1. The van der Waals surface area contributed by atoms with Crippen LogP contribution in [0.5, 0.6) is 0 Å². The van der Waals surface area contributed by atoms with Crippen LogP contribution in [0.15, 0.2) is 28.7 Å². The fraction of sp³-hybridized carbons (Fsp3) is 0.536. The summed E-state index contributed by atoms with van der Waals surface area (Å²) in [5, 5.41) is 3.34. The van der Waals surface area contributed by atoms with Crippen molar-refractivity contribution in [1.29, 1.82) is 0 Å². The second-order valence-electron chi connectivity index (χ2n) is 10.3. The smallest absolute Gasteiger partial charge is 0.230 e. The third-order valence-electron chi connectivity index (χ3n) is 7.90. The maximum Gasteiger partial charge on any atom is 0.230 e. The molecule has 2 aromatic carbocycles. The number of piperidine rings is 1. The van der Waals surface area contributed by atoms with Crippen molar-refractivity contribution in [3.8, 4) is 0 Å². The number of nitrogens with one attached hydrogen (secondary N) is 1. The zero-order valence-corrected chi connectivity index (χ0v) is 22.4. The van der Waals surface area contributed by atoms with Crippen molar-refractivity contribution in [3.63, 3.8) is 0 Å². The third kappa shape index (κ3) is 4.85. The summed E-state index contributed by atoms with van der Waals surface area (Å²) >= 11 is 3.71. The first-order chi connectivity index (χ1) is 17.3. The number of rotatable bonds is 8. The first-order valence-corrected chi connectivity index (χ1v) is 13.5. The van der Waals surface area contributed by atoms with Crippen LogP contribution in [0.2, 0.25) is 0 Å². The Morgan fingerprint density at radius 1 is 1.25 bits per heavy atom. The van der Waals surface area contributed by atoms with Gasteiger partial charge in [-0.05, 0) is 91.6 Å². The monoisotopic (exact) mass is 562 g/mol. The fourth-order valence-electron chi connectivity index (χ4n) is 5.75. The molecule has 1 N–H and O–H groups in total. The maximum absolute atomic E-state index is 14.3. The van der Waals surface area contributed by atoms with E-state index in [4.69, 9.17) is 9.47 Å². The van der Waals surface area contributed by atoms with Crippen LogP contribution in [0.25, 0.3) is 0 Å². The molecule has 3 aliphatic rings. The van der Waals surface area contributed by atoms with Crippen molar-refractivity contribution < 1.29 is 23.0 Å². The molecule has 1 amide bonds. The van der Waals surface area contributed by atoms with E-state index in [-0.39, 0.29) is 18.6 Å². The highest BCUT2D eigenvalue weighted by Crippen LogP contribution is 2.48. The molecule has 8 heteroatoms. The molecule has 2 fully saturated rings. The predicted molar refractivity (Wildman–Crippen MR) is 136 cm³/mol. The van der Waals surface area contributed by atoms with Crippen LogP contribution in [0.3, 0.4) is 0 Å². The van der Waals surface area contributed by atoms with Crippen LogP contribution in [0.4, 0.5) is 8.78 Å². The van der Waals surface area contributed by atoms with Crippen molar-refractivity contribution in [2.24, 2.45) is 5.92 Å². The van der Waals surface area contributed by atoms with Gasteiger partial charge in [-0.15, -0.1) is 0 Å². The number of halogens is 3. The molecule has 0 radical (unpaired) electrons. The van der Waals surface area contributed by atoms with Crippen molar-refractivity contribution in [1.82, 2.24) is 10.2 Å². The van der Waals surface area contributed by atoms with Gasteiger partial charge >= 0.3 is 0 Å². The lowest BCUT2D eigenvalue weighted by Gasteiger charge is -2.43. The molecule has 36 heavy (non-hydrogen) atoms. The molecule has 2 atom stereocenters. The largest absolute Gasteiger partial charge is 0.385 e. The summed E-state index contributed by atoms with van der Waals surface area (Å²) in [6.45, 7) is 4.61. The summed E-state index contributed by atoms with van der Waals surface area (Å²) in [7, 11) is 1.71. The average Bonchev–Trinajstić information content (AvgIpc) is 3.66. The lowest BCUT2D eigenvalue weighted by Crippen LogP contribution is -2.55. The van der Waals surface area contributed by atoms with Gasteiger partial charge in [-0.25, -0.2) is 8.78 Å². The number of hydrogen-bond acceptors (Lipinski definition) is 4. The zero-order valence-electron chi connectivity index (χ0n) is 20.8. The fourth-order valence-corrected chi connectivity index (χ4v) is 6.30. The normalized spacial score (nSPS) is 23.2. The van der Waals surface area contributed by atoms with Crippen LogP contribution >= 0.6 is 15.9 Å². The van der Waals surface area contributed by atoms with E-state index in [1.165, 1.54) is 23.3 Å². The van der Waals surface area contributed by atoms with E-state index >= 15 is 0 Å². The quantitative estimate of drug-likeness (QED) is 0.452. The molecule has 1 saturated heterocycles. The predicted octanol–water partition coefficient (Wildman–Crippen LogP) is 5.14. The van der Waals surface area contributed by atoms with Crippen molar-refractivity contribution >= 4 is 21.8 Å².